The molecule has 1 amide bonds. The van der Waals surface area contributed by atoms with E-state index < -0.39 is 0 Å². The molecule has 1 aromatic heterocycles. The maximum Gasteiger partial charge on any atom is 0.253 e. The molecule has 2 aromatic rings. The van der Waals surface area contributed by atoms with Crippen LogP contribution in [0, 0.1) is 0 Å². The monoisotopic (exact) mass is 299 g/mol. The molecular formula is C17H21N3O2. The first-order chi connectivity index (χ1) is 10.6. The van der Waals surface area contributed by atoms with Crippen LogP contribution in [0.2, 0.25) is 0 Å². The van der Waals surface area contributed by atoms with Gasteiger partial charge in [0.05, 0.1) is 18.4 Å². The lowest BCUT2D eigenvalue weighted by atomic mass is 10.2. The number of anilines is 1. The molecule has 0 aliphatic carbocycles. The zero-order valence-electron chi connectivity index (χ0n) is 13.1. The average molecular weight is 299 g/mol. The van der Waals surface area contributed by atoms with Gasteiger partial charge in [-0.25, -0.2) is 0 Å². The Balaban J connectivity index is 1.99. The Kier molecular flexibility index (Phi) is 5.36. The molecule has 116 valence electrons. The summed E-state index contributed by atoms with van der Waals surface area (Å²) >= 11 is 0. The second-order valence-electron chi connectivity index (χ2n) is 5.29. The smallest absolute Gasteiger partial charge is 0.253 e. The molecule has 0 unspecified atom stereocenters. The number of hydrogen-bond acceptors (Lipinski definition) is 4. The fraction of sp³-hybridized carbons (Fsp3) is 0.294. The molecule has 5 heteroatoms. The van der Waals surface area contributed by atoms with E-state index in [-0.39, 0.29) is 11.9 Å². The Morgan fingerprint density at radius 2 is 1.95 bits per heavy atom. The molecule has 0 radical (unpaired) electrons. The zero-order chi connectivity index (χ0) is 15.9. The van der Waals surface area contributed by atoms with Gasteiger partial charge in [-0.3, -0.25) is 9.78 Å². The number of methoxy groups -OCH3 is 1. The van der Waals surface area contributed by atoms with Gasteiger partial charge in [0.1, 0.15) is 5.75 Å². The van der Waals surface area contributed by atoms with Crippen LogP contribution in [0.15, 0.2) is 42.7 Å². The molecule has 0 spiro atoms. The van der Waals surface area contributed by atoms with Crippen molar-refractivity contribution in [1.82, 2.24) is 10.3 Å². The van der Waals surface area contributed by atoms with E-state index in [1.165, 1.54) is 0 Å². The average Bonchev–Trinajstić information content (AvgIpc) is 2.53. The van der Waals surface area contributed by atoms with Crippen molar-refractivity contribution >= 4 is 11.6 Å². The Bertz CT molecular complexity index is 624. The van der Waals surface area contributed by atoms with Crippen molar-refractivity contribution in [3.8, 4) is 5.75 Å². The topological polar surface area (TPSA) is 63.2 Å². The van der Waals surface area contributed by atoms with Crippen molar-refractivity contribution in [2.75, 3.05) is 12.4 Å². The van der Waals surface area contributed by atoms with Crippen molar-refractivity contribution in [1.29, 1.82) is 0 Å². The van der Waals surface area contributed by atoms with Crippen molar-refractivity contribution < 1.29 is 9.53 Å². The fourth-order valence-electron chi connectivity index (χ4n) is 1.95. The minimum Gasteiger partial charge on any atom is -0.497 e. The number of carbonyl (C=O) groups is 1. The van der Waals surface area contributed by atoms with Gasteiger partial charge in [0, 0.05) is 25.0 Å². The van der Waals surface area contributed by atoms with Gasteiger partial charge in [-0.05, 0) is 37.6 Å². The van der Waals surface area contributed by atoms with Crippen LogP contribution < -0.4 is 15.4 Å². The lowest BCUT2D eigenvalue weighted by Crippen LogP contribution is -2.30. The predicted octanol–water partition coefficient (Wildman–Crippen LogP) is 2.84. The number of ether oxygens (including phenoxy) is 1. The number of nitrogens with one attached hydrogen (secondary N) is 2. The Labute approximate surface area is 130 Å². The van der Waals surface area contributed by atoms with Crippen LogP contribution in [-0.2, 0) is 6.54 Å². The number of nitrogens with zero attached hydrogens (tertiary/aromatic N) is 1. The summed E-state index contributed by atoms with van der Waals surface area (Å²) in [5.74, 6) is 0.716. The molecule has 5 nitrogen and oxygen atoms in total. The summed E-state index contributed by atoms with van der Waals surface area (Å²) in [6, 6.07) is 9.73. The highest BCUT2D eigenvalue weighted by atomic mass is 16.5. The van der Waals surface area contributed by atoms with Gasteiger partial charge >= 0.3 is 0 Å². The Hall–Kier alpha value is -2.56. The third-order valence-electron chi connectivity index (χ3n) is 3.08. The van der Waals surface area contributed by atoms with Crippen molar-refractivity contribution in [3.63, 3.8) is 0 Å². The van der Waals surface area contributed by atoms with Gasteiger partial charge in [0.15, 0.2) is 0 Å². The highest BCUT2D eigenvalue weighted by Gasteiger charge is 2.08. The zero-order valence-corrected chi connectivity index (χ0v) is 13.1. The third-order valence-corrected chi connectivity index (χ3v) is 3.08. The maximum atomic E-state index is 12.0. The third kappa shape index (κ3) is 4.48. The van der Waals surface area contributed by atoms with Crippen LogP contribution in [0.4, 0.5) is 5.69 Å². The lowest BCUT2D eigenvalue weighted by molar-refractivity contribution is 0.0943. The SMILES string of the molecule is COc1ccc(CNc2cncc(C(=O)NC(C)C)c2)cc1. The van der Waals surface area contributed by atoms with E-state index in [1.54, 1.807) is 25.6 Å². The normalized spacial score (nSPS) is 10.4. The number of rotatable bonds is 6. The quantitative estimate of drug-likeness (QED) is 0.861. The maximum absolute atomic E-state index is 12.0. The molecule has 0 aliphatic heterocycles. The van der Waals surface area contributed by atoms with Gasteiger partial charge in [-0.15, -0.1) is 0 Å². The summed E-state index contributed by atoms with van der Waals surface area (Å²) in [6.45, 7) is 4.51. The summed E-state index contributed by atoms with van der Waals surface area (Å²) in [5, 5.41) is 6.12. The number of pyridine rings is 1. The van der Waals surface area contributed by atoms with Crippen molar-refractivity contribution in [2.45, 2.75) is 26.4 Å². The molecule has 0 aliphatic rings. The molecule has 0 bridgehead atoms. The van der Waals surface area contributed by atoms with Crippen molar-refractivity contribution in [3.05, 3.63) is 53.9 Å². The standard InChI is InChI=1S/C17H21N3O2/c1-12(2)20-17(21)14-8-15(11-18-10-14)19-9-13-4-6-16(22-3)7-5-13/h4-8,10-12,19H,9H2,1-3H3,(H,20,21). The van der Waals surface area contributed by atoms with Crippen LogP contribution in [-0.4, -0.2) is 24.0 Å². The molecule has 2 rings (SSSR count). The first kappa shape index (κ1) is 15.8. The number of benzene rings is 1. The molecule has 1 aromatic carbocycles. The van der Waals surface area contributed by atoms with Crippen LogP contribution in [0.5, 0.6) is 5.75 Å². The summed E-state index contributed by atoms with van der Waals surface area (Å²) in [5.41, 5.74) is 2.48. The van der Waals surface area contributed by atoms with Gasteiger partial charge in [-0.2, -0.15) is 0 Å². The van der Waals surface area contributed by atoms with E-state index in [1.807, 2.05) is 38.1 Å². The molecular weight excluding hydrogens is 278 g/mol. The number of carbonyl (C=O) groups excluding carboxylic acids is 1. The molecule has 0 saturated carbocycles. The number of hydrogen-bond donors (Lipinski definition) is 2. The van der Waals surface area contributed by atoms with Crippen molar-refractivity contribution in [2.24, 2.45) is 0 Å². The minimum absolute atomic E-state index is 0.100. The summed E-state index contributed by atoms with van der Waals surface area (Å²) in [7, 11) is 1.65. The second-order valence-corrected chi connectivity index (χ2v) is 5.29. The van der Waals surface area contributed by atoms with Gasteiger partial charge in [0.2, 0.25) is 0 Å². The van der Waals surface area contributed by atoms with E-state index in [4.69, 9.17) is 4.74 Å². The summed E-state index contributed by atoms with van der Waals surface area (Å²) < 4.78 is 5.13. The Morgan fingerprint density at radius 1 is 1.23 bits per heavy atom. The molecule has 0 atom stereocenters. The van der Waals surface area contributed by atoms with Crippen LogP contribution in [0.1, 0.15) is 29.8 Å². The van der Waals surface area contributed by atoms with Crippen LogP contribution >= 0.6 is 0 Å². The number of amides is 1. The van der Waals surface area contributed by atoms with Crippen LogP contribution in [0.25, 0.3) is 0 Å². The molecule has 1 heterocycles. The minimum atomic E-state index is -0.115. The molecule has 2 N–H and O–H groups in total. The van der Waals surface area contributed by atoms with E-state index in [0.29, 0.717) is 12.1 Å². The Morgan fingerprint density at radius 3 is 2.59 bits per heavy atom. The van der Waals surface area contributed by atoms with E-state index in [9.17, 15) is 4.79 Å². The first-order valence-electron chi connectivity index (χ1n) is 7.21. The highest BCUT2D eigenvalue weighted by molar-refractivity contribution is 5.94. The second kappa shape index (κ2) is 7.45. The number of aromatic nitrogens is 1. The summed E-state index contributed by atoms with van der Waals surface area (Å²) in [6.07, 6.45) is 3.27. The largest absolute Gasteiger partial charge is 0.497 e. The lowest BCUT2D eigenvalue weighted by Gasteiger charge is -2.10. The molecule has 0 saturated heterocycles. The van der Waals surface area contributed by atoms with E-state index in [2.05, 4.69) is 15.6 Å². The highest BCUT2D eigenvalue weighted by Crippen LogP contribution is 2.14. The van der Waals surface area contributed by atoms with Gasteiger partial charge < -0.3 is 15.4 Å². The van der Waals surface area contributed by atoms with E-state index >= 15 is 0 Å². The van der Waals surface area contributed by atoms with Gasteiger partial charge in [-0.1, -0.05) is 12.1 Å². The van der Waals surface area contributed by atoms with Crippen LogP contribution in [0.3, 0.4) is 0 Å². The van der Waals surface area contributed by atoms with E-state index in [0.717, 1.165) is 17.0 Å². The summed E-state index contributed by atoms with van der Waals surface area (Å²) in [4.78, 5) is 16.1. The molecule has 22 heavy (non-hydrogen) atoms. The first-order valence-corrected chi connectivity index (χ1v) is 7.21. The van der Waals surface area contributed by atoms with Gasteiger partial charge in [0.25, 0.3) is 5.91 Å². The molecule has 0 fully saturated rings. The predicted molar refractivity (Wildman–Crippen MR) is 87.2 cm³/mol. The fourth-order valence-corrected chi connectivity index (χ4v) is 1.95.